The molecule has 0 aliphatic carbocycles. The van der Waals surface area contributed by atoms with Crippen LogP contribution >= 0.6 is 22.9 Å². The molecule has 0 aromatic carbocycles. The molecule has 0 bridgehead atoms. The Hall–Kier alpha value is -0.410. The Balaban J connectivity index is 3.01. The molecule has 1 aromatic rings. The number of halogens is 1. The van der Waals surface area contributed by atoms with Crippen LogP contribution in [0.5, 0.6) is 0 Å². The van der Waals surface area contributed by atoms with Crippen molar-refractivity contribution in [1.82, 2.24) is 4.98 Å². The highest BCUT2D eigenvalue weighted by atomic mass is 35.5. The van der Waals surface area contributed by atoms with Crippen LogP contribution < -0.4 is 0 Å². The van der Waals surface area contributed by atoms with E-state index >= 15 is 0 Å². The van der Waals surface area contributed by atoms with Gasteiger partial charge >= 0.3 is 0 Å². The van der Waals surface area contributed by atoms with Gasteiger partial charge in [0.2, 0.25) is 0 Å². The van der Waals surface area contributed by atoms with Crippen molar-refractivity contribution in [2.75, 3.05) is 0 Å². The molecule has 1 heterocycles. The average Bonchev–Trinajstić information content (AvgIpc) is 2.33. The van der Waals surface area contributed by atoms with E-state index in [2.05, 4.69) is 4.98 Å². The van der Waals surface area contributed by atoms with Gasteiger partial charge in [-0.1, -0.05) is 6.92 Å². The number of nitrogens with zero attached hydrogens (tertiary/aromatic N) is 1. The first-order valence-electron chi connectivity index (χ1n) is 2.88. The molecule has 0 radical (unpaired) electrons. The number of aromatic nitrogens is 1. The summed E-state index contributed by atoms with van der Waals surface area (Å²) in [5.41, 5.74) is 2.43. The van der Waals surface area contributed by atoms with Gasteiger partial charge < -0.3 is 0 Å². The second-order valence-electron chi connectivity index (χ2n) is 1.76. The minimum atomic E-state index is -0.403. The van der Waals surface area contributed by atoms with E-state index in [0.29, 0.717) is 4.88 Å². The topological polar surface area (TPSA) is 30.0 Å². The highest BCUT2D eigenvalue weighted by Crippen LogP contribution is 2.15. The van der Waals surface area contributed by atoms with E-state index in [-0.39, 0.29) is 0 Å². The second-order valence-corrected chi connectivity index (χ2v) is 2.95. The summed E-state index contributed by atoms with van der Waals surface area (Å²) in [7, 11) is 0. The maximum atomic E-state index is 10.6. The lowest BCUT2D eigenvalue weighted by atomic mass is 10.3. The smallest absolute Gasteiger partial charge is 0.264 e. The predicted octanol–water partition coefficient (Wildman–Crippen LogP) is 2.08. The number of hydrogen-bond acceptors (Lipinski definition) is 3. The van der Waals surface area contributed by atoms with E-state index in [4.69, 9.17) is 11.6 Å². The highest BCUT2D eigenvalue weighted by Gasteiger charge is 2.09. The SMILES string of the molecule is CCc1ncsc1C(=O)Cl. The van der Waals surface area contributed by atoms with E-state index in [9.17, 15) is 4.79 Å². The molecule has 4 heteroatoms. The molecule has 0 fully saturated rings. The summed E-state index contributed by atoms with van der Waals surface area (Å²) in [5, 5.41) is -0.403. The minimum absolute atomic E-state index is 0.403. The van der Waals surface area contributed by atoms with Gasteiger partial charge in [0.05, 0.1) is 11.2 Å². The summed E-state index contributed by atoms with van der Waals surface area (Å²) in [6, 6.07) is 0. The van der Waals surface area contributed by atoms with Crippen LogP contribution in [-0.4, -0.2) is 10.2 Å². The normalized spacial score (nSPS) is 9.80. The summed E-state index contributed by atoms with van der Waals surface area (Å²) < 4.78 is 0. The van der Waals surface area contributed by atoms with Gasteiger partial charge in [-0.25, -0.2) is 4.98 Å². The first-order valence-corrected chi connectivity index (χ1v) is 4.13. The van der Waals surface area contributed by atoms with Crippen molar-refractivity contribution < 1.29 is 4.79 Å². The zero-order valence-electron chi connectivity index (χ0n) is 5.43. The summed E-state index contributed by atoms with van der Waals surface area (Å²) in [5.74, 6) is 0. The molecule has 0 unspecified atom stereocenters. The average molecular weight is 176 g/mol. The molecule has 10 heavy (non-hydrogen) atoms. The number of rotatable bonds is 2. The second kappa shape index (κ2) is 3.12. The third-order valence-electron chi connectivity index (χ3n) is 1.15. The highest BCUT2D eigenvalue weighted by molar-refractivity contribution is 7.13. The van der Waals surface area contributed by atoms with Gasteiger partial charge in [0, 0.05) is 0 Å². The number of aryl methyl sites for hydroxylation is 1. The Morgan fingerprint density at radius 3 is 3.00 bits per heavy atom. The van der Waals surface area contributed by atoms with Gasteiger partial charge in [0.1, 0.15) is 4.88 Å². The van der Waals surface area contributed by atoms with Crippen molar-refractivity contribution in [3.8, 4) is 0 Å². The third-order valence-corrected chi connectivity index (χ3v) is 2.32. The number of carbonyl (C=O) groups excluding carboxylic acids is 1. The van der Waals surface area contributed by atoms with Gasteiger partial charge in [-0.05, 0) is 18.0 Å². The van der Waals surface area contributed by atoms with Gasteiger partial charge in [-0.15, -0.1) is 11.3 Å². The molecule has 0 atom stereocenters. The van der Waals surface area contributed by atoms with E-state index in [1.54, 1.807) is 5.51 Å². The zero-order chi connectivity index (χ0) is 7.56. The molecule has 0 saturated heterocycles. The number of carbonyl (C=O) groups is 1. The van der Waals surface area contributed by atoms with Crippen molar-refractivity contribution in [3.63, 3.8) is 0 Å². The first-order chi connectivity index (χ1) is 4.75. The third kappa shape index (κ3) is 1.36. The number of thiazole rings is 1. The maximum Gasteiger partial charge on any atom is 0.264 e. The van der Waals surface area contributed by atoms with E-state index in [1.807, 2.05) is 6.92 Å². The molecule has 0 spiro atoms. The lowest BCUT2D eigenvalue weighted by Gasteiger charge is -1.88. The summed E-state index contributed by atoms with van der Waals surface area (Å²) in [6.07, 6.45) is 0.761. The molecule has 1 rings (SSSR count). The lowest BCUT2D eigenvalue weighted by molar-refractivity contribution is 0.108. The van der Waals surface area contributed by atoms with Crippen LogP contribution in [0.4, 0.5) is 0 Å². The van der Waals surface area contributed by atoms with Crippen LogP contribution in [0, 0.1) is 0 Å². The molecule has 0 amide bonds. The van der Waals surface area contributed by atoms with Gasteiger partial charge in [0.25, 0.3) is 5.24 Å². The molecule has 2 nitrogen and oxygen atoms in total. The van der Waals surface area contributed by atoms with Gasteiger partial charge in [-0.3, -0.25) is 4.79 Å². The van der Waals surface area contributed by atoms with Crippen molar-refractivity contribution >= 4 is 28.2 Å². The minimum Gasteiger partial charge on any atom is -0.275 e. The molecule has 54 valence electrons. The Labute approximate surface area is 67.9 Å². The molecular weight excluding hydrogens is 170 g/mol. The largest absolute Gasteiger partial charge is 0.275 e. The Morgan fingerprint density at radius 1 is 1.90 bits per heavy atom. The predicted molar refractivity (Wildman–Crippen MR) is 41.7 cm³/mol. The van der Waals surface area contributed by atoms with Crippen LogP contribution in [0.25, 0.3) is 0 Å². The van der Waals surface area contributed by atoms with Crippen LogP contribution in [0.2, 0.25) is 0 Å². The summed E-state index contributed by atoms with van der Waals surface area (Å²) in [6.45, 7) is 1.94. The van der Waals surface area contributed by atoms with Crippen molar-refractivity contribution in [3.05, 3.63) is 16.1 Å². The van der Waals surface area contributed by atoms with E-state index in [0.717, 1.165) is 12.1 Å². The quantitative estimate of drug-likeness (QED) is 0.645. The van der Waals surface area contributed by atoms with Crippen LogP contribution in [0.1, 0.15) is 22.3 Å². The number of hydrogen-bond donors (Lipinski definition) is 0. The van der Waals surface area contributed by atoms with E-state index < -0.39 is 5.24 Å². The first kappa shape index (κ1) is 7.69. The Kier molecular flexibility index (Phi) is 2.40. The molecular formula is C6H6ClNOS. The van der Waals surface area contributed by atoms with E-state index in [1.165, 1.54) is 11.3 Å². The van der Waals surface area contributed by atoms with Crippen LogP contribution in [0.3, 0.4) is 0 Å². The maximum absolute atomic E-state index is 10.6. The van der Waals surface area contributed by atoms with Crippen LogP contribution in [-0.2, 0) is 6.42 Å². The lowest BCUT2D eigenvalue weighted by Crippen LogP contribution is -1.90. The Bertz CT molecular complexity index is 246. The molecule has 0 aliphatic rings. The molecule has 0 saturated carbocycles. The fourth-order valence-corrected chi connectivity index (χ4v) is 1.63. The van der Waals surface area contributed by atoms with Crippen molar-refractivity contribution in [2.45, 2.75) is 13.3 Å². The fraction of sp³-hybridized carbons (Fsp3) is 0.333. The zero-order valence-corrected chi connectivity index (χ0v) is 7.00. The van der Waals surface area contributed by atoms with Gasteiger partial charge in [0.15, 0.2) is 0 Å². The van der Waals surface area contributed by atoms with Gasteiger partial charge in [-0.2, -0.15) is 0 Å². The summed E-state index contributed by atoms with van der Waals surface area (Å²) in [4.78, 5) is 15.2. The van der Waals surface area contributed by atoms with Crippen molar-refractivity contribution in [2.24, 2.45) is 0 Å². The molecule has 0 aliphatic heterocycles. The Morgan fingerprint density at radius 2 is 2.60 bits per heavy atom. The van der Waals surface area contributed by atoms with Crippen molar-refractivity contribution in [1.29, 1.82) is 0 Å². The molecule has 1 aromatic heterocycles. The van der Waals surface area contributed by atoms with Crippen LogP contribution in [0.15, 0.2) is 5.51 Å². The summed E-state index contributed by atoms with van der Waals surface area (Å²) >= 11 is 6.55. The standard InChI is InChI=1S/C6H6ClNOS/c1-2-4-5(6(7)9)10-3-8-4/h3H,2H2,1H3. The monoisotopic (exact) mass is 175 g/mol. The fourth-order valence-electron chi connectivity index (χ4n) is 0.681. The molecule has 0 N–H and O–H groups in total.